The third-order valence-electron chi connectivity index (χ3n) is 3.37. The first kappa shape index (κ1) is 18.1. The van der Waals surface area contributed by atoms with Gasteiger partial charge in [-0.1, -0.05) is 30.3 Å². The maximum atomic E-state index is 12.1. The van der Waals surface area contributed by atoms with E-state index < -0.39 is 24.5 Å². The number of urea groups is 1. The van der Waals surface area contributed by atoms with Crippen LogP contribution in [-0.4, -0.2) is 47.7 Å². The summed E-state index contributed by atoms with van der Waals surface area (Å²) in [4.78, 5) is 45.1. The van der Waals surface area contributed by atoms with E-state index in [0.29, 0.717) is 13.0 Å². The van der Waals surface area contributed by atoms with Gasteiger partial charge in [0, 0.05) is 12.8 Å². The van der Waals surface area contributed by atoms with Crippen LogP contribution in [0.1, 0.15) is 24.8 Å². The van der Waals surface area contributed by atoms with E-state index in [1.54, 1.807) is 5.32 Å². The van der Waals surface area contributed by atoms with Crippen molar-refractivity contribution in [2.75, 3.05) is 13.2 Å². The summed E-state index contributed by atoms with van der Waals surface area (Å²) in [5.41, 5.74) is 6.52. The van der Waals surface area contributed by atoms with Gasteiger partial charge < -0.3 is 10.5 Å². The van der Waals surface area contributed by atoms with Gasteiger partial charge in [-0.15, -0.1) is 0 Å². The van der Waals surface area contributed by atoms with E-state index in [4.69, 9.17) is 5.73 Å². The number of amides is 4. The molecule has 1 aliphatic rings. The molecule has 0 unspecified atom stereocenters. The molecule has 9 heteroatoms. The van der Waals surface area contributed by atoms with Crippen molar-refractivity contribution in [2.45, 2.75) is 19.3 Å². The molecule has 25 heavy (non-hydrogen) atoms. The number of primary amides is 1. The molecule has 2 rings (SSSR count). The van der Waals surface area contributed by atoms with E-state index in [1.807, 2.05) is 30.3 Å². The predicted molar refractivity (Wildman–Crippen MR) is 87.2 cm³/mol. The average molecular weight is 346 g/mol. The van der Waals surface area contributed by atoms with Gasteiger partial charge in [0.15, 0.2) is 6.61 Å². The Bertz CT molecular complexity index is 702. The highest BCUT2D eigenvalue weighted by Gasteiger charge is 2.22. The summed E-state index contributed by atoms with van der Waals surface area (Å²) in [6.45, 7) is -0.172. The topological polar surface area (TPSA) is 131 Å². The molecule has 0 atom stereocenters. The molecule has 132 valence electrons. The molecule has 1 aromatic carbocycles. The molecule has 1 heterocycles. The second-order valence-electron chi connectivity index (χ2n) is 5.25. The lowest BCUT2D eigenvalue weighted by Crippen LogP contribution is -2.37. The highest BCUT2D eigenvalue weighted by atomic mass is 16.5. The number of hydrogen-bond acceptors (Lipinski definition) is 6. The smallest absolute Gasteiger partial charge is 0.318 e. The quantitative estimate of drug-likeness (QED) is 0.707. The molecule has 0 aliphatic carbocycles. The first-order chi connectivity index (χ1) is 12.0. The van der Waals surface area contributed by atoms with Crippen LogP contribution in [0.25, 0.3) is 0 Å². The van der Waals surface area contributed by atoms with Crippen molar-refractivity contribution < 1.29 is 23.9 Å². The summed E-state index contributed by atoms with van der Waals surface area (Å²) in [5.74, 6) is -1.85. The van der Waals surface area contributed by atoms with Gasteiger partial charge in [-0.05, 0) is 5.56 Å². The van der Waals surface area contributed by atoms with Crippen LogP contribution in [0, 0.1) is 0 Å². The fourth-order valence-electron chi connectivity index (χ4n) is 2.20. The highest BCUT2D eigenvalue weighted by Crippen LogP contribution is 2.15. The van der Waals surface area contributed by atoms with Crippen molar-refractivity contribution in [3.8, 4) is 0 Å². The van der Waals surface area contributed by atoms with E-state index in [0.717, 1.165) is 11.3 Å². The molecule has 0 radical (unpaired) electrons. The summed E-state index contributed by atoms with van der Waals surface area (Å²) in [6.07, 6.45) is 0.380. The number of hydrazone groups is 1. The first-order valence-corrected chi connectivity index (χ1v) is 7.64. The summed E-state index contributed by atoms with van der Waals surface area (Å²) < 4.78 is 4.64. The van der Waals surface area contributed by atoms with E-state index >= 15 is 0 Å². The molecule has 0 aromatic heterocycles. The zero-order valence-corrected chi connectivity index (χ0v) is 13.4. The van der Waals surface area contributed by atoms with E-state index in [2.05, 4.69) is 9.84 Å². The Hall–Kier alpha value is -3.23. The molecule has 9 nitrogen and oxygen atoms in total. The summed E-state index contributed by atoms with van der Waals surface area (Å²) in [6, 6.07) is 8.50. The zero-order valence-electron chi connectivity index (χ0n) is 13.4. The minimum absolute atomic E-state index is 0.0815. The number of ether oxygens (including phenoxy) is 1. The van der Waals surface area contributed by atoms with E-state index in [9.17, 15) is 19.2 Å². The molecular formula is C16H18N4O5. The van der Waals surface area contributed by atoms with Crippen LogP contribution in [0.15, 0.2) is 35.4 Å². The minimum atomic E-state index is -1.03. The lowest BCUT2D eigenvalue weighted by atomic mass is 10.1. The number of hydrogen-bond donors (Lipinski definition) is 2. The largest absolute Gasteiger partial charge is 0.456 e. The maximum absolute atomic E-state index is 12.1. The molecule has 0 spiro atoms. The maximum Gasteiger partial charge on any atom is 0.318 e. The van der Waals surface area contributed by atoms with Gasteiger partial charge in [0.25, 0.3) is 5.91 Å². The number of nitrogens with zero attached hydrogens (tertiary/aromatic N) is 2. The van der Waals surface area contributed by atoms with Gasteiger partial charge in [-0.2, -0.15) is 5.10 Å². The Morgan fingerprint density at radius 3 is 2.56 bits per heavy atom. The fraction of sp³-hybridized carbons (Fsp3) is 0.312. The molecule has 0 saturated heterocycles. The summed E-state index contributed by atoms with van der Waals surface area (Å²) in [5, 5.41) is 7.36. The molecule has 3 N–H and O–H groups in total. The van der Waals surface area contributed by atoms with Gasteiger partial charge in [0.1, 0.15) is 0 Å². The lowest BCUT2D eigenvalue weighted by molar-refractivity contribution is -0.149. The Labute approximate surface area is 143 Å². The van der Waals surface area contributed by atoms with Crippen LogP contribution in [0.4, 0.5) is 4.79 Å². The lowest BCUT2D eigenvalue weighted by Gasteiger charge is -2.10. The summed E-state index contributed by atoms with van der Waals surface area (Å²) in [7, 11) is 0. The molecule has 4 amide bonds. The van der Waals surface area contributed by atoms with Crippen LogP contribution in [0.5, 0.6) is 0 Å². The number of carbonyl (C=O) groups is 4. The number of benzene rings is 1. The number of esters is 1. The second kappa shape index (κ2) is 8.57. The number of carbonyl (C=O) groups excluding carboxylic acids is 4. The molecular weight excluding hydrogens is 328 g/mol. The normalized spacial score (nSPS) is 13.1. The van der Waals surface area contributed by atoms with Crippen molar-refractivity contribution in [1.82, 2.24) is 10.3 Å². The zero-order chi connectivity index (χ0) is 18.2. The number of nitrogens with two attached hydrogens (primary N) is 1. The van der Waals surface area contributed by atoms with Gasteiger partial charge in [-0.25, -0.2) is 9.80 Å². The standard InChI is InChI=1S/C16H18N4O5/c17-16(24)18-13(21)10-25-15(23)7-6-14(22)20-9-8-12(19-20)11-4-2-1-3-5-11/h1-5H,6-10H2,(H3,17,18,21,24). The van der Waals surface area contributed by atoms with Gasteiger partial charge in [0.05, 0.1) is 18.7 Å². The average Bonchev–Trinajstić information content (AvgIpc) is 3.08. The van der Waals surface area contributed by atoms with Crippen molar-refractivity contribution in [3.05, 3.63) is 35.9 Å². The fourth-order valence-corrected chi connectivity index (χ4v) is 2.20. The Balaban J connectivity index is 1.75. The third kappa shape index (κ3) is 5.72. The molecule has 1 aliphatic heterocycles. The SMILES string of the molecule is NC(=O)NC(=O)COC(=O)CCC(=O)N1CCC(c2ccccc2)=N1. The van der Waals surface area contributed by atoms with E-state index in [-0.39, 0.29) is 18.7 Å². The van der Waals surface area contributed by atoms with Gasteiger partial charge in [0.2, 0.25) is 5.91 Å². The minimum Gasteiger partial charge on any atom is -0.456 e. The Morgan fingerprint density at radius 2 is 1.88 bits per heavy atom. The highest BCUT2D eigenvalue weighted by molar-refractivity contribution is 6.02. The summed E-state index contributed by atoms with van der Waals surface area (Å²) >= 11 is 0. The van der Waals surface area contributed by atoms with Gasteiger partial charge in [-0.3, -0.25) is 19.7 Å². The van der Waals surface area contributed by atoms with Crippen LogP contribution in [-0.2, 0) is 19.1 Å². The number of imide groups is 1. The van der Waals surface area contributed by atoms with Crippen LogP contribution in [0.2, 0.25) is 0 Å². The molecule has 1 aromatic rings. The number of nitrogens with one attached hydrogen (secondary N) is 1. The van der Waals surface area contributed by atoms with Gasteiger partial charge >= 0.3 is 12.0 Å². The first-order valence-electron chi connectivity index (χ1n) is 7.64. The molecule has 0 saturated carbocycles. The predicted octanol–water partition coefficient (Wildman–Crippen LogP) is 0.141. The third-order valence-corrected chi connectivity index (χ3v) is 3.37. The van der Waals surface area contributed by atoms with Crippen LogP contribution >= 0.6 is 0 Å². The van der Waals surface area contributed by atoms with Crippen LogP contribution < -0.4 is 11.1 Å². The number of rotatable bonds is 6. The Morgan fingerprint density at radius 1 is 1.16 bits per heavy atom. The van der Waals surface area contributed by atoms with E-state index in [1.165, 1.54) is 5.01 Å². The monoisotopic (exact) mass is 346 g/mol. The van der Waals surface area contributed by atoms with Crippen molar-refractivity contribution in [1.29, 1.82) is 0 Å². The Kier molecular flexibility index (Phi) is 6.21. The van der Waals surface area contributed by atoms with Crippen molar-refractivity contribution >= 4 is 29.5 Å². The van der Waals surface area contributed by atoms with Crippen LogP contribution in [0.3, 0.4) is 0 Å². The van der Waals surface area contributed by atoms with Crippen molar-refractivity contribution in [2.24, 2.45) is 10.8 Å². The molecule has 0 bridgehead atoms. The van der Waals surface area contributed by atoms with Crippen molar-refractivity contribution in [3.63, 3.8) is 0 Å². The molecule has 0 fully saturated rings. The second-order valence-corrected chi connectivity index (χ2v) is 5.25.